The average Bonchev–Trinajstić information content (AvgIpc) is 3.13. The highest BCUT2D eigenvalue weighted by Crippen LogP contribution is 2.68. The lowest BCUT2D eigenvalue weighted by molar-refractivity contribution is -0.152. The topological polar surface area (TPSA) is 69.7 Å². The lowest BCUT2D eigenvalue weighted by atomic mass is 9.45. The molecule has 0 heterocycles. The maximum Gasteiger partial charge on any atom is 0.330 e. The van der Waals surface area contributed by atoms with Crippen molar-refractivity contribution in [2.75, 3.05) is 6.61 Å². The Kier molecular flexibility index (Phi) is 7.07. The monoisotopic (exact) mass is 490 g/mol. The minimum Gasteiger partial charge on any atom is -0.463 e. The van der Waals surface area contributed by atoms with E-state index in [9.17, 15) is 14.4 Å². The quantitative estimate of drug-likeness (QED) is 0.283. The van der Waals surface area contributed by atoms with Crippen molar-refractivity contribution in [1.29, 1.82) is 0 Å². The molecule has 0 saturated heterocycles. The Balaban J connectivity index is 1.65. The number of esters is 2. The molecule has 0 aromatic rings. The molecule has 4 aliphatic rings. The zero-order valence-corrected chi connectivity index (χ0v) is 21.9. The summed E-state index contributed by atoms with van der Waals surface area (Å²) < 4.78 is 10.9. The van der Waals surface area contributed by atoms with E-state index < -0.39 is 6.10 Å². The Bertz CT molecular complexity index is 908. The van der Waals surface area contributed by atoms with Crippen molar-refractivity contribution in [3.8, 4) is 0 Å². The fourth-order valence-corrected chi connectivity index (χ4v) is 8.80. The van der Waals surface area contributed by atoms with Crippen molar-refractivity contribution in [2.45, 2.75) is 84.6 Å². The van der Waals surface area contributed by atoms with Crippen LogP contribution in [0.4, 0.5) is 0 Å². The Morgan fingerprint density at radius 3 is 2.62 bits per heavy atom. The second-order valence-corrected chi connectivity index (χ2v) is 12.0. The van der Waals surface area contributed by atoms with Crippen molar-refractivity contribution < 1.29 is 23.9 Å². The summed E-state index contributed by atoms with van der Waals surface area (Å²) >= 11 is 7.22. The summed E-state index contributed by atoms with van der Waals surface area (Å²) in [6, 6.07) is 0. The molecule has 4 unspecified atom stereocenters. The van der Waals surface area contributed by atoms with Crippen LogP contribution in [0, 0.1) is 40.4 Å². The van der Waals surface area contributed by atoms with E-state index in [4.69, 9.17) is 21.1 Å². The summed E-state index contributed by atoms with van der Waals surface area (Å²) in [4.78, 5) is 36.3. The van der Waals surface area contributed by atoms with Gasteiger partial charge in [0, 0.05) is 19.4 Å². The molecule has 0 aliphatic heterocycles. The SMILES string of the molecule is CCOC(=O)/C=C/[C@@H](C)C1CCC2C3C(CC[C@@]21C)[C@@]1(C)CCC(=O)C=C1[C@H](OC(C)=O)[C@H]3Cl. The van der Waals surface area contributed by atoms with Crippen molar-refractivity contribution >= 4 is 29.3 Å². The first-order valence-electron chi connectivity index (χ1n) is 12.9. The number of hydrogen-bond donors (Lipinski definition) is 0. The Morgan fingerprint density at radius 2 is 1.94 bits per heavy atom. The van der Waals surface area contributed by atoms with E-state index in [2.05, 4.69) is 20.8 Å². The van der Waals surface area contributed by atoms with Crippen LogP contribution in [0.1, 0.15) is 73.1 Å². The van der Waals surface area contributed by atoms with Gasteiger partial charge in [0.05, 0.1) is 12.0 Å². The number of ether oxygens (including phenoxy) is 2. The van der Waals surface area contributed by atoms with E-state index in [1.807, 2.05) is 13.0 Å². The van der Waals surface area contributed by atoms with E-state index in [0.717, 1.165) is 37.7 Å². The number of carbonyl (C=O) groups excluding carboxylic acids is 3. The normalized spacial score (nSPS) is 42.3. The molecular weight excluding hydrogens is 452 g/mol. The number of fused-ring (bicyclic) bond motifs is 5. The molecule has 5 nitrogen and oxygen atoms in total. The molecule has 0 N–H and O–H groups in total. The summed E-state index contributed by atoms with van der Waals surface area (Å²) in [5.41, 5.74) is 0.873. The third-order valence-electron chi connectivity index (χ3n) is 9.80. The summed E-state index contributed by atoms with van der Waals surface area (Å²) in [6.07, 6.45) is 10.5. The van der Waals surface area contributed by atoms with Crippen LogP contribution in [0.5, 0.6) is 0 Å². The van der Waals surface area contributed by atoms with E-state index in [0.29, 0.717) is 30.8 Å². The van der Waals surface area contributed by atoms with Crippen LogP contribution < -0.4 is 0 Å². The highest BCUT2D eigenvalue weighted by molar-refractivity contribution is 6.21. The minimum absolute atomic E-state index is 0.107. The van der Waals surface area contributed by atoms with Gasteiger partial charge in [-0.1, -0.05) is 26.8 Å². The van der Waals surface area contributed by atoms with Crippen LogP contribution in [-0.4, -0.2) is 35.8 Å². The number of hydrogen-bond acceptors (Lipinski definition) is 5. The minimum atomic E-state index is -0.544. The third kappa shape index (κ3) is 4.16. The average molecular weight is 491 g/mol. The van der Waals surface area contributed by atoms with Gasteiger partial charge in [0.15, 0.2) is 5.78 Å². The van der Waals surface area contributed by atoms with Gasteiger partial charge in [-0.15, -0.1) is 11.6 Å². The molecule has 9 atom stereocenters. The summed E-state index contributed by atoms with van der Waals surface area (Å²) in [5.74, 6) is 1.22. The van der Waals surface area contributed by atoms with Crippen LogP contribution in [0.15, 0.2) is 23.8 Å². The van der Waals surface area contributed by atoms with Gasteiger partial charge in [-0.2, -0.15) is 0 Å². The molecule has 4 aliphatic carbocycles. The van der Waals surface area contributed by atoms with Crippen molar-refractivity contribution in [3.63, 3.8) is 0 Å². The Morgan fingerprint density at radius 1 is 1.21 bits per heavy atom. The number of halogens is 1. The van der Waals surface area contributed by atoms with Gasteiger partial charge in [-0.3, -0.25) is 9.59 Å². The van der Waals surface area contributed by atoms with E-state index in [-0.39, 0.29) is 45.8 Å². The van der Waals surface area contributed by atoms with Gasteiger partial charge in [0.25, 0.3) is 0 Å². The molecule has 3 saturated carbocycles. The second kappa shape index (κ2) is 9.44. The molecule has 0 aromatic carbocycles. The molecule has 3 fully saturated rings. The van der Waals surface area contributed by atoms with E-state index >= 15 is 0 Å². The van der Waals surface area contributed by atoms with Gasteiger partial charge < -0.3 is 9.47 Å². The van der Waals surface area contributed by atoms with Crippen molar-refractivity contribution in [1.82, 2.24) is 0 Å². The fourth-order valence-electron chi connectivity index (χ4n) is 8.27. The number of ketones is 1. The lowest BCUT2D eigenvalue weighted by Gasteiger charge is -2.61. The molecule has 0 radical (unpaired) electrons. The van der Waals surface area contributed by atoms with Crippen LogP contribution in [0.3, 0.4) is 0 Å². The van der Waals surface area contributed by atoms with E-state index in [1.54, 1.807) is 12.2 Å². The molecule has 0 amide bonds. The highest BCUT2D eigenvalue weighted by atomic mass is 35.5. The maximum absolute atomic E-state index is 12.4. The van der Waals surface area contributed by atoms with Gasteiger partial charge >= 0.3 is 11.9 Å². The predicted molar refractivity (Wildman–Crippen MR) is 131 cm³/mol. The third-order valence-corrected chi connectivity index (χ3v) is 10.3. The standard InChI is InChI=1S/C28H39ClO5/c1-6-33-23(32)10-7-16(2)19-8-9-20-24-21(12-14-27(19,20)4)28(5)13-11-18(31)15-22(28)26(25(24)29)34-17(3)30/h7,10,15-16,19-21,24-26H,6,8-9,11-14H2,1-5H3/b10-7+/t16-,19?,20?,21?,24?,25+,26+,27-,28-/m1/s1. The first-order valence-corrected chi connectivity index (χ1v) is 13.4. The Hall–Kier alpha value is -1.62. The largest absolute Gasteiger partial charge is 0.463 e. The molecular formula is C28H39ClO5. The number of rotatable bonds is 5. The van der Waals surface area contributed by atoms with Crippen LogP contribution in [0.2, 0.25) is 0 Å². The van der Waals surface area contributed by atoms with Crippen LogP contribution in [0.25, 0.3) is 0 Å². The number of alkyl halides is 1. The fraction of sp³-hybridized carbons (Fsp3) is 0.750. The summed E-state index contributed by atoms with van der Waals surface area (Å²) in [5, 5.41) is -0.340. The smallest absolute Gasteiger partial charge is 0.330 e. The van der Waals surface area contributed by atoms with Crippen LogP contribution >= 0.6 is 11.6 Å². The molecule has 0 bridgehead atoms. The van der Waals surface area contributed by atoms with Crippen molar-refractivity contribution in [2.24, 2.45) is 40.4 Å². The Labute approximate surface area is 208 Å². The molecule has 0 spiro atoms. The molecule has 188 valence electrons. The van der Waals surface area contributed by atoms with Gasteiger partial charge in [0.2, 0.25) is 0 Å². The van der Waals surface area contributed by atoms with Crippen LogP contribution in [-0.2, 0) is 23.9 Å². The van der Waals surface area contributed by atoms with E-state index in [1.165, 1.54) is 6.92 Å². The number of allylic oxidation sites excluding steroid dienone is 1. The zero-order valence-electron chi connectivity index (χ0n) is 21.1. The van der Waals surface area contributed by atoms with Gasteiger partial charge in [-0.25, -0.2) is 4.79 Å². The summed E-state index contributed by atoms with van der Waals surface area (Å²) in [6.45, 7) is 10.5. The predicted octanol–water partition coefficient (Wildman–Crippen LogP) is 5.65. The number of carbonyl (C=O) groups is 3. The first-order chi connectivity index (χ1) is 16.0. The first kappa shape index (κ1) is 25.5. The second-order valence-electron chi connectivity index (χ2n) is 11.4. The van der Waals surface area contributed by atoms with Crippen molar-refractivity contribution in [3.05, 3.63) is 23.8 Å². The maximum atomic E-state index is 12.4. The molecule has 0 aromatic heterocycles. The van der Waals surface area contributed by atoms with Gasteiger partial charge in [-0.05, 0) is 91.1 Å². The molecule has 4 rings (SSSR count). The van der Waals surface area contributed by atoms with Gasteiger partial charge in [0.1, 0.15) is 6.10 Å². The lowest BCUT2D eigenvalue weighted by Crippen LogP contribution is -2.59. The zero-order chi connectivity index (χ0) is 24.8. The molecule has 6 heteroatoms. The molecule has 34 heavy (non-hydrogen) atoms. The highest BCUT2D eigenvalue weighted by Gasteiger charge is 2.64. The summed E-state index contributed by atoms with van der Waals surface area (Å²) in [7, 11) is 0.